The van der Waals surface area contributed by atoms with Crippen LogP contribution in [-0.4, -0.2) is 36.2 Å². The van der Waals surface area contributed by atoms with Gasteiger partial charge in [-0.25, -0.2) is 4.98 Å². The van der Waals surface area contributed by atoms with Crippen molar-refractivity contribution in [3.63, 3.8) is 0 Å². The number of carbonyl (C=O) groups excluding carboxylic acids is 1. The highest BCUT2D eigenvalue weighted by Gasteiger charge is 2.18. The molecule has 0 radical (unpaired) electrons. The van der Waals surface area contributed by atoms with E-state index in [1.807, 2.05) is 36.4 Å². The number of ether oxygens (including phenoxy) is 3. The monoisotopic (exact) mass is 463 g/mol. The molecule has 8 heteroatoms. The Hall–Kier alpha value is -3.84. The van der Waals surface area contributed by atoms with Crippen molar-refractivity contribution in [3.05, 3.63) is 71.9 Å². The minimum atomic E-state index is -0.762. The van der Waals surface area contributed by atoms with Crippen LogP contribution in [0, 0.1) is 0 Å². The molecule has 0 bridgehead atoms. The molecule has 7 nitrogen and oxygen atoms in total. The van der Waals surface area contributed by atoms with Gasteiger partial charge in [0.05, 0.1) is 47.9 Å². The van der Waals surface area contributed by atoms with E-state index in [0.29, 0.717) is 28.0 Å². The lowest BCUT2D eigenvalue weighted by molar-refractivity contribution is -0.122. The predicted molar refractivity (Wildman–Crippen MR) is 128 cm³/mol. The van der Waals surface area contributed by atoms with E-state index in [9.17, 15) is 4.79 Å². The van der Waals surface area contributed by atoms with E-state index in [1.54, 1.807) is 37.4 Å². The first-order chi connectivity index (χ1) is 16.0. The molecule has 1 N–H and O–H groups in total. The summed E-state index contributed by atoms with van der Waals surface area (Å²) in [7, 11) is 3.01. The van der Waals surface area contributed by atoms with Crippen LogP contribution in [0.3, 0.4) is 0 Å². The number of nitrogens with one attached hydrogen (secondary N) is 1. The van der Waals surface area contributed by atoms with Gasteiger partial charge >= 0.3 is 0 Å². The van der Waals surface area contributed by atoms with Gasteiger partial charge in [0.1, 0.15) is 17.2 Å². The maximum absolute atomic E-state index is 12.7. The Labute approximate surface area is 196 Å². The molecule has 1 atom stereocenters. The van der Waals surface area contributed by atoms with Gasteiger partial charge in [0.15, 0.2) is 6.10 Å². The average Bonchev–Trinajstić information content (AvgIpc) is 2.84. The molecule has 0 aliphatic rings. The Morgan fingerprint density at radius 3 is 2.36 bits per heavy atom. The number of methoxy groups -OCH3 is 2. The highest BCUT2D eigenvalue weighted by atomic mass is 35.5. The van der Waals surface area contributed by atoms with E-state index in [1.165, 1.54) is 14.2 Å². The molecule has 3 aromatic carbocycles. The number of hydrogen-bond acceptors (Lipinski definition) is 6. The minimum Gasteiger partial charge on any atom is -0.495 e. The summed E-state index contributed by atoms with van der Waals surface area (Å²) in [6.45, 7) is 1.66. The lowest BCUT2D eigenvalue weighted by atomic mass is 10.1. The van der Waals surface area contributed by atoms with E-state index < -0.39 is 6.10 Å². The molecule has 4 rings (SSSR count). The normalized spacial score (nSPS) is 11.6. The maximum Gasteiger partial charge on any atom is 0.265 e. The third-order valence-corrected chi connectivity index (χ3v) is 5.31. The Balaban J connectivity index is 1.44. The van der Waals surface area contributed by atoms with Crippen LogP contribution in [-0.2, 0) is 4.79 Å². The quantitative estimate of drug-likeness (QED) is 0.396. The summed E-state index contributed by atoms with van der Waals surface area (Å²) in [5.41, 5.74) is 3.75. The minimum absolute atomic E-state index is 0.348. The Kier molecular flexibility index (Phi) is 6.60. The second-order valence-corrected chi connectivity index (χ2v) is 7.61. The smallest absolute Gasteiger partial charge is 0.265 e. The number of amides is 1. The van der Waals surface area contributed by atoms with Crippen molar-refractivity contribution in [1.29, 1.82) is 0 Å². The van der Waals surface area contributed by atoms with Gasteiger partial charge in [-0.1, -0.05) is 23.7 Å². The number of benzene rings is 3. The summed E-state index contributed by atoms with van der Waals surface area (Å²) < 4.78 is 16.3. The number of halogens is 1. The molecule has 1 heterocycles. The van der Waals surface area contributed by atoms with Crippen LogP contribution >= 0.6 is 11.6 Å². The molecule has 4 aromatic rings. The molecule has 0 aliphatic carbocycles. The van der Waals surface area contributed by atoms with Crippen molar-refractivity contribution < 1.29 is 19.0 Å². The van der Waals surface area contributed by atoms with Gasteiger partial charge in [0, 0.05) is 11.6 Å². The number of para-hydroxylation sites is 2. The van der Waals surface area contributed by atoms with Gasteiger partial charge in [-0.2, -0.15) is 0 Å². The third-order valence-electron chi connectivity index (χ3n) is 5.01. The molecule has 0 saturated heterocycles. The number of fused-ring (bicyclic) bond motifs is 1. The van der Waals surface area contributed by atoms with E-state index in [0.717, 1.165) is 22.3 Å². The topological polar surface area (TPSA) is 82.6 Å². The maximum atomic E-state index is 12.7. The van der Waals surface area contributed by atoms with Crippen molar-refractivity contribution in [3.8, 4) is 28.5 Å². The van der Waals surface area contributed by atoms with Crippen LogP contribution in [0.25, 0.3) is 22.3 Å². The number of nitrogens with zero attached hydrogens (tertiary/aromatic N) is 2. The van der Waals surface area contributed by atoms with Crippen LogP contribution in [0.5, 0.6) is 17.2 Å². The molecule has 0 aliphatic heterocycles. The molecule has 0 saturated carbocycles. The number of hydrogen-bond donors (Lipinski definition) is 1. The van der Waals surface area contributed by atoms with E-state index in [-0.39, 0.29) is 5.91 Å². The lowest BCUT2D eigenvalue weighted by Crippen LogP contribution is -2.30. The zero-order valence-corrected chi connectivity index (χ0v) is 19.1. The van der Waals surface area contributed by atoms with Crippen molar-refractivity contribution in [2.24, 2.45) is 0 Å². The van der Waals surface area contributed by atoms with Crippen molar-refractivity contribution in [2.75, 3.05) is 19.5 Å². The summed E-state index contributed by atoms with van der Waals surface area (Å²) in [6.07, 6.45) is 0.976. The second-order valence-electron chi connectivity index (χ2n) is 7.20. The first kappa shape index (κ1) is 22.4. The first-order valence-electron chi connectivity index (χ1n) is 10.2. The molecule has 0 fully saturated rings. The van der Waals surface area contributed by atoms with Crippen LogP contribution in [0.4, 0.5) is 5.69 Å². The highest BCUT2D eigenvalue weighted by Crippen LogP contribution is 2.36. The third kappa shape index (κ3) is 4.99. The van der Waals surface area contributed by atoms with Crippen molar-refractivity contribution >= 4 is 34.2 Å². The first-order valence-corrected chi connectivity index (χ1v) is 10.6. The van der Waals surface area contributed by atoms with Gasteiger partial charge < -0.3 is 19.5 Å². The largest absolute Gasteiger partial charge is 0.495 e. The van der Waals surface area contributed by atoms with Gasteiger partial charge in [-0.15, -0.1) is 0 Å². The average molecular weight is 464 g/mol. The van der Waals surface area contributed by atoms with Crippen LogP contribution in [0.15, 0.2) is 66.9 Å². The Morgan fingerprint density at radius 2 is 1.67 bits per heavy atom. The summed E-state index contributed by atoms with van der Waals surface area (Å²) in [5, 5.41) is 3.14. The SMILES string of the molecule is COc1cc(OC)c(NC(=O)C(C)Oc2ccc(-c3cnc4ccccc4n3)cc2)cc1Cl. The highest BCUT2D eigenvalue weighted by molar-refractivity contribution is 6.32. The molecular formula is C25H22ClN3O4. The van der Waals surface area contributed by atoms with Gasteiger partial charge in [-0.3, -0.25) is 9.78 Å². The van der Waals surface area contributed by atoms with E-state index >= 15 is 0 Å². The molecule has 1 aromatic heterocycles. The van der Waals surface area contributed by atoms with Gasteiger partial charge in [0.2, 0.25) is 0 Å². The number of aromatic nitrogens is 2. The summed E-state index contributed by atoms with van der Waals surface area (Å²) in [5.74, 6) is 1.08. The summed E-state index contributed by atoms with van der Waals surface area (Å²) >= 11 is 6.18. The molecular weight excluding hydrogens is 442 g/mol. The Bertz CT molecular complexity index is 1290. The molecule has 0 spiro atoms. The van der Waals surface area contributed by atoms with Gasteiger partial charge in [0.25, 0.3) is 5.91 Å². The fourth-order valence-electron chi connectivity index (χ4n) is 3.25. The lowest BCUT2D eigenvalue weighted by Gasteiger charge is -2.17. The van der Waals surface area contributed by atoms with E-state index in [4.69, 9.17) is 25.8 Å². The zero-order chi connectivity index (χ0) is 23.4. The molecule has 1 amide bonds. The predicted octanol–water partition coefficient (Wildman–Crippen LogP) is 5.37. The Morgan fingerprint density at radius 1 is 0.970 bits per heavy atom. The van der Waals surface area contributed by atoms with Crippen molar-refractivity contribution in [2.45, 2.75) is 13.0 Å². The second kappa shape index (κ2) is 9.75. The van der Waals surface area contributed by atoms with E-state index in [2.05, 4.69) is 15.3 Å². The molecule has 1 unspecified atom stereocenters. The zero-order valence-electron chi connectivity index (χ0n) is 18.3. The van der Waals surface area contributed by atoms with Crippen LogP contribution in [0.1, 0.15) is 6.92 Å². The molecule has 33 heavy (non-hydrogen) atoms. The summed E-state index contributed by atoms with van der Waals surface area (Å²) in [6, 6.07) is 18.2. The number of anilines is 1. The number of carbonyl (C=O) groups is 1. The van der Waals surface area contributed by atoms with Crippen molar-refractivity contribution in [1.82, 2.24) is 9.97 Å². The standard InChI is InChI=1S/C25H22ClN3O4/c1-15(25(30)29-21-12-18(26)23(31-2)13-24(21)32-3)33-17-10-8-16(9-11-17)22-14-27-19-6-4-5-7-20(19)28-22/h4-15H,1-3H3,(H,29,30). The van der Waals surface area contributed by atoms with Crippen LogP contribution < -0.4 is 19.5 Å². The fourth-order valence-corrected chi connectivity index (χ4v) is 3.49. The fraction of sp³-hybridized carbons (Fsp3) is 0.160. The summed E-state index contributed by atoms with van der Waals surface area (Å²) in [4.78, 5) is 21.8. The van der Waals surface area contributed by atoms with Gasteiger partial charge in [-0.05, 0) is 49.4 Å². The molecule has 168 valence electrons. The number of rotatable bonds is 7. The van der Waals surface area contributed by atoms with Crippen LogP contribution in [0.2, 0.25) is 5.02 Å².